The molecule has 4 rings (SSSR count). The minimum absolute atomic E-state index is 0.129. The van der Waals surface area contributed by atoms with Gasteiger partial charge in [-0.2, -0.15) is 5.26 Å². The molecule has 0 radical (unpaired) electrons. The summed E-state index contributed by atoms with van der Waals surface area (Å²) in [6, 6.07) is 9.50. The Labute approximate surface area is 193 Å². The van der Waals surface area contributed by atoms with E-state index in [0.717, 1.165) is 36.7 Å². The molecule has 1 N–H and O–H groups in total. The van der Waals surface area contributed by atoms with E-state index >= 15 is 0 Å². The molecular formula is C23H28N4O3S2. The van der Waals surface area contributed by atoms with Crippen LogP contribution in [0.1, 0.15) is 59.5 Å². The van der Waals surface area contributed by atoms with E-state index < -0.39 is 15.9 Å². The number of hydrogen-bond donors (Lipinski definition) is 1. The quantitative estimate of drug-likeness (QED) is 0.642. The number of rotatable bonds is 7. The minimum Gasteiger partial charge on any atom is -0.318 e. The molecule has 1 heterocycles. The van der Waals surface area contributed by atoms with Crippen molar-refractivity contribution in [1.82, 2.24) is 9.71 Å². The summed E-state index contributed by atoms with van der Waals surface area (Å²) < 4.78 is 25.0. The maximum absolute atomic E-state index is 12.4. The molecule has 170 valence electrons. The monoisotopic (exact) mass is 472 g/mol. The largest absolute Gasteiger partial charge is 0.318 e. The van der Waals surface area contributed by atoms with Crippen LogP contribution >= 0.6 is 11.3 Å². The van der Waals surface area contributed by atoms with Crippen LogP contribution in [0.2, 0.25) is 0 Å². The van der Waals surface area contributed by atoms with Crippen molar-refractivity contribution < 1.29 is 13.2 Å². The van der Waals surface area contributed by atoms with Crippen LogP contribution in [0.25, 0.3) is 0 Å². The lowest BCUT2D eigenvalue weighted by Crippen LogP contribution is -2.30. The Morgan fingerprint density at radius 2 is 1.88 bits per heavy atom. The van der Waals surface area contributed by atoms with E-state index in [0.29, 0.717) is 21.5 Å². The number of thiazole rings is 1. The lowest BCUT2D eigenvalue weighted by atomic mass is 9.79. The van der Waals surface area contributed by atoms with Gasteiger partial charge < -0.3 is 4.90 Å². The second-order valence-corrected chi connectivity index (χ2v) is 12.0. The zero-order valence-corrected chi connectivity index (χ0v) is 20.0. The molecule has 2 bridgehead atoms. The number of anilines is 2. The zero-order valence-electron chi connectivity index (χ0n) is 18.4. The van der Waals surface area contributed by atoms with Crippen molar-refractivity contribution in [2.75, 3.05) is 17.7 Å². The molecule has 2 atom stereocenters. The number of nitrogens with one attached hydrogen (secondary N) is 1. The summed E-state index contributed by atoms with van der Waals surface area (Å²) in [5.41, 5.74) is 1.62. The standard InChI is InChI=1S/C23H28N4O3S2/c1-15-21(22(28)26-32(2,29)30)25-23(31-15)27(20-7-5-16(14-24)6-8-20)10-9-19-12-17-3-4-18(11-17)13-19/h5-8,17-19H,3-4,9-13H2,1-2H3,(H,26,28). The summed E-state index contributed by atoms with van der Waals surface area (Å²) >= 11 is 1.38. The zero-order chi connectivity index (χ0) is 22.9. The van der Waals surface area contributed by atoms with Crippen LogP contribution in [0, 0.1) is 36.0 Å². The van der Waals surface area contributed by atoms with Crippen molar-refractivity contribution >= 4 is 38.1 Å². The number of amides is 1. The highest BCUT2D eigenvalue weighted by molar-refractivity contribution is 7.89. The predicted octanol–water partition coefficient (Wildman–Crippen LogP) is 4.37. The van der Waals surface area contributed by atoms with Gasteiger partial charge in [0.15, 0.2) is 5.13 Å². The Bertz CT molecular complexity index is 1120. The normalized spacial score (nSPS) is 22.3. The van der Waals surface area contributed by atoms with E-state index in [9.17, 15) is 13.2 Å². The third kappa shape index (κ3) is 5.30. The van der Waals surface area contributed by atoms with Gasteiger partial charge in [-0.25, -0.2) is 18.1 Å². The maximum atomic E-state index is 12.4. The first kappa shape index (κ1) is 22.7. The van der Waals surface area contributed by atoms with Crippen molar-refractivity contribution in [2.45, 2.75) is 45.4 Å². The average molecular weight is 473 g/mol. The lowest BCUT2D eigenvalue weighted by Gasteiger charge is -2.30. The molecule has 2 unspecified atom stereocenters. The Kier molecular flexibility index (Phi) is 6.54. The van der Waals surface area contributed by atoms with Crippen molar-refractivity contribution in [3.8, 4) is 6.07 Å². The highest BCUT2D eigenvalue weighted by Gasteiger charge is 2.34. The number of hydrogen-bond acceptors (Lipinski definition) is 7. The summed E-state index contributed by atoms with van der Waals surface area (Å²) in [4.78, 5) is 19.7. The first-order valence-corrected chi connectivity index (χ1v) is 13.7. The van der Waals surface area contributed by atoms with Crippen molar-refractivity contribution in [1.29, 1.82) is 5.26 Å². The highest BCUT2D eigenvalue weighted by Crippen LogP contribution is 2.46. The first-order chi connectivity index (χ1) is 15.2. The van der Waals surface area contributed by atoms with Crippen LogP contribution in [0.15, 0.2) is 24.3 Å². The first-order valence-electron chi connectivity index (χ1n) is 11.0. The molecule has 1 aromatic carbocycles. The van der Waals surface area contributed by atoms with Gasteiger partial charge in [0.05, 0.1) is 17.9 Å². The minimum atomic E-state index is -3.67. The number of nitrogens with zero attached hydrogens (tertiary/aromatic N) is 3. The molecule has 9 heteroatoms. The average Bonchev–Trinajstić information content (AvgIpc) is 3.29. The fraction of sp³-hybridized carbons (Fsp3) is 0.522. The second-order valence-electron chi connectivity index (χ2n) is 9.09. The molecule has 2 saturated carbocycles. The molecule has 0 saturated heterocycles. The number of fused-ring (bicyclic) bond motifs is 2. The summed E-state index contributed by atoms with van der Waals surface area (Å²) in [5, 5.41) is 9.80. The second kappa shape index (κ2) is 9.20. The number of aryl methyl sites for hydroxylation is 1. The van der Waals surface area contributed by atoms with Gasteiger partial charge in [-0.1, -0.05) is 12.8 Å². The predicted molar refractivity (Wildman–Crippen MR) is 125 cm³/mol. The van der Waals surface area contributed by atoms with Crippen LogP contribution < -0.4 is 9.62 Å². The molecular weight excluding hydrogens is 444 g/mol. The molecule has 1 aromatic heterocycles. The third-order valence-corrected chi connectivity index (χ3v) is 8.11. The van der Waals surface area contributed by atoms with E-state index in [1.807, 2.05) is 16.9 Å². The topological polar surface area (TPSA) is 103 Å². The van der Waals surface area contributed by atoms with Gasteiger partial charge in [-0.3, -0.25) is 4.79 Å². The smallest absolute Gasteiger partial charge is 0.284 e. The summed E-state index contributed by atoms with van der Waals surface area (Å²) in [6.07, 6.45) is 8.69. The Morgan fingerprint density at radius 1 is 1.22 bits per heavy atom. The van der Waals surface area contributed by atoms with Crippen molar-refractivity contribution in [2.24, 2.45) is 17.8 Å². The summed E-state index contributed by atoms with van der Waals surface area (Å²) in [6.45, 7) is 2.53. The number of aromatic nitrogens is 1. The van der Waals surface area contributed by atoms with E-state index in [1.165, 1.54) is 43.4 Å². The Hall–Kier alpha value is -2.44. The Morgan fingerprint density at radius 3 is 2.47 bits per heavy atom. The molecule has 7 nitrogen and oxygen atoms in total. The third-order valence-electron chi connectivity index (χ3n) is 6.56. The van der Waals surface area contributed by atoms with Crippen LogP contribution in [0.4, 0.5) is 10.8 Å². The maximum Gasteiger partial charge on any atom is 0.284 e. The number of benzene rings is 1. The molecule has 1 amide bonds. The number of sulfonamides is 1. The van der Waals surface area contributed by atoms with Gasteiger partial charge >= 0.3 is 0 Å². The number of carbonyl (C=O) groups is 1. The van der Waals surface area contributed by atoms with E-state index in [-0.39, 0.29) is 5.69 Å². The van der Waals surface area contributed by atoms with Crippen molar-refractivity contribution in [3.63, 3.8) is 0 Å². The highest BCUT2D eigenvalue weighted by atomic mass is 32.2. The van der Waals surface area contributed by atoms with Crippen molar-refractivity contribution in [3.05, 3.63) is 40.4 Å². The van der Waals surface area contributed by atoms with Gasteiger partial charge in [0, 0.05) is 17.1 Å². The number of carbonyl (C=O) groups excluding carboxylic acids is 1. The molecule has 2 aliphatic rings. The van der Waals surface area contributed by atoms with E-state index in [4.69, 9.17) is 5.26 Å². The van der Waals surface area contributed by atoms with Gasteiger partial charge in [-0.05, 0) is 74.6 Å². The van der Waals surface area contributed by atoms with Crippen LogP contribution in [0.5, 0.6) is 0 Å². The molecule has 0 aliphatic heterocycles. The van der Waals surface area contributed by atoms with Crippen LogP contribution in [-0.4, -0.2) is 32.1 Å². The van der Waals surface area contributed by atoms with Gasteiger partial charge in [0.25, 0.3) is 5.91 Å². The molecule has 2 aliphatic carbocycles. The Balaban J connectivity index is 1.58. The SMILES string of the molecule is Cc1sc(N(CCC2CC3CCC(C3)C2)c2ccc(C#N)cc2)nc1C(=O)NS(C)(=O)=O. The van der Waals surface area contributed by atoms with Gasteiger partial charge in [-0.15, -0.1) is 11.3 Å². The number of nitriles is 1. The molecule has 2 fully saturated rings. The molecule has 0 spiro atoms. The van der Waals surface area contributed by atoms with E-state index in [1.54, 1.807) is 19.1 Å². The summed E-state index contributed by atoms with van der Waals surface area (Å²) in [7, 11) is -3.67. The van der Waals surface area contributed by atoms with Crippen LogP contribution in [0.3, 0.4) is 0 Å². The summed E-state index contributed by atoms with van der Waals surface area (Å²) in [5.74, 6) is 1.72. The fourth-order valence-corrected chi connectivity index (χ4v) is 6.56. The van der Waals surface area contributed by atoms with E-state index in [2.05, 4.69) is 16.0 Å². The molecule has 2 aromatic rings. The fourth-order valence-electron chi connectivity index (χ4n) is 5.17. The van der Waals surface area contributed by atoms with Gasteiger partial charge in [0.1, 0.15) is 5.69 Å². The molecule has 32 heavy (non-hydrogen) atoms. The van der Waals surface area contributed by atoms with Gasteiger partial charge in [0.2, 0.25) is 10.0 Å². The lowest BCUT2D eigenvalue weighted by molar-refractivity contribution is 0.0977. The van der Waals surface area contributed by atoms with Crippen LogP contribution in [-0.2, 0) is 10.0 Å².